The first-order valence-corrected chi connectivity index (χ1v) is 13.5. The van der Waals surface area contributed by atoms with Crippen molar-refractivity contribution < 1.29 is 41.0 Å². The monoisotopic (exact) mass is 617 g/mol. The van der Waals surface area contributed by atoms with Gasteiger partial charge < -0.3 is 19.7 Å². The van der Waals surface area contributed by atoms with Crippen LogP contribution in [0.2, 0.25) is 5.02 Å². The van der Waals surface area contributed by atoms with Gasteiger partial charge in [-0.05, 0) is 52.0 Å². The number of nitrogens with one attached hydrogen (secondary N) is 1. The molecule has 14 heteroatoms. The van der Waals surface area contributed by atoms with Crippen LogP contribution in [0.1, 0.15) is 48.6 Å². The summed E-state index contributed by atoms with van der Waals surface area (Å²) in [7, 11) is 0. The van der Waals surface area contributed by atoms with Crippen LogP contribution in [-0.2, 0) is 17.7 Å². The molecule has 4 rings (SSSR count). The number of alkyl halides is 3. The van der Waals surface area contributed by atoms with Crippen LogP contribution < -0.4 is 10.1 Å². The number of aromatic nitrogens is 1. The van der Waals surface area contributed by atoms with Crippen molar-refractivity contribution in [3.05, 3.63) is 63.1 Å². The summed E-state index contributed by atoms with van der Waals surface area (Å²) in [4.78, 5) is 32.1. The largest absolute Gasteiger partial charge is 0.480 e. The Bertz CT molecular complexity index is 1470. The van der Waals surface area contributed by atoms with Crippen molar-refractivity contribution in [3.8, 4) is 16.3 Å². The Kier molecular flexibility index (Phi) is 8.51. The lowest BCUT2D eigenvalue weighted by molar-refractivity contribution is -0.189. The lowest BCUT2D eigenvalue weighted by atomic mass is 10.1. The second-order valence-electron chi connectivity index (χ2n) is 10.2. The summed E-state index contributed by atoms with van der Waals surface area (Å²) in [6.45, 7) is 6.36. The SMILES string of the molecule is C[C@H](Oc1cc(-c2nc3c(s2)CCN(C(=O)OC(C)(C)C)C3)c(F)cc1C(=O)Nc1c(F)cccc1Cl)C(F)(F)F. The van der Waals surface area contributed by atoms with Crippen LogP contribution in [0.15, 0.2) is 30.3 Å². The van der Waals surface area contributed by atoms with Crippen molar-refractivity contribution in [1.29, 1.82) is 0 Å². The molecular weight excluding hydrogens is 593 g/mol. The molecule has 1 N–H and O–H groups in total. The number of amides is 2. The highest BCUT2D eigenvalue weighted by atomic mass is 35.5. The van der Waals surface area contributed by atoms with Gasteiger partial charge in [-0.3, -0.25) is 4.79 Å². The first kappa shape index (κ1) is 30.5. The summed E-state index contributed by atoms with van der Waals surface area (Å²) in [5, 5.41) is 2.12. The van der Waals surface area contributed by atoms with Gasteiger partial charge in [-0.1, -0.05) is 17.7 Å². The van der Waals surface area contributed by atoms with E-state index in [0.717, 1.165) is 35.3 Å². The fourth-order valence-corrected chi connectivity index (χ4v) is 5.13. The Balaban J connectivity index is 1.69. The molecule has 1 aliphatic rings. The van der Waals surface area contributed by atoms with Crippen molar-refractivity contribution >= 4 is 40.6 Å². The van der Waals surface area contributed by atoms with E-state index >= 15 is 4.39 Å². The molecule has 0 spiro atoms. The number of benzene rings is 2. The number of nitrogens with zero attached hydrogens (tertiary/aromatic N) is 2. The number of para-hydroxylation sites is 1. The third-order valence-corrected chi connectivity index (χ3v) is 7.40. The topological polar surface area (TPSA) is 80.8 Å². The molecule has 2 heterocycles. The molecule has 0 radical (unpaired) electrons. The van der Waals surface area contributed by atoms with Crippen LogP contribution in [0.5, 0.6) is 5.75 Å². The molecule has 2 aromatic carbocycles. The molecule has 220 valence electrons. The van der Waals surface area contributed by atoms with Gasteiger partial charge >= 0.3 is 12.3 Å². The number of fused-ring (bicyclic) bond motifs is 1. The number of anilines is 1. The maximum Gasteiger partial charge on any atom is 0.425 e. The van der Waals surface area contributed by atoms with E-state index in [1.165, 1.54) is 17.0 Å². The summed E-state index contributed by atoms with van der Waals surface area (Å²) < 4.78 is 80.2. The average Bonchev–Trinajstić information content (AvgIpc) is 3.28. The first-order chi connectivity index (χ1) is 19.0. The van der Waals surface area contributed by atoms with E-state index in [-0.39, 0.29) is 22.1 Å². The van der Waals surface area contributed by atoms with Gasteiger partial charge in [0.1, 0.15) is 28.0 Å². The second kappa shape index (κ2) is 11.4. The zero-order valence-corrected chi connectivity index (χ0v) is 23.9. The molecule has 3 aromatic rings. The normalized spacial score (nSPS) is 14.3. The van der Waals surface area contributed by atoms with Crippen molar-refractivity contribution in [2.24, 2.45) is 0 Å². The summed E-state index contributed by atoms with van der Waals surface area (Å²) in [5.74, 6) is -3.61. The van der Waals surface area contributed by atoms with E-state index in [9.17, 15) is 27.2 Å². The van der Waals surface area contributed by atoms with Gasteiger partial charge in [0.25, 0.3) is 5.91 Å². The number of hydrogen-bond donors (Lipinski definition) is 1. The molecule has 0 saturated carbocycles. The number of ether oxygens (including phenoxy) is 2. The van der Waals surface area contributed by atoms with Crippen LogP contribution in [0.4, 0.5) is 32.4 Å². The minimum Gasteiger partial charge on any atom is -0.480 e. The van der Waals surface area contributed by atoms with Crippen LogP contribution in [0.3, 0.4) is 0 Å². The molecule has 41 heavy (non-hydrogen) atoms. The standard InChI is InChI=1S/C27H25ClF5N3O4S/c1-13(27(31,32)33)39-20-11-14(18(30)10-15(20)23(37)35-22-16(28)6-5-7-17(22)29)24-34-19-12-36(9-8-21(19)41-24)25(38)40-26(2,3)4/h5-7,10-11,13H,8-9,12H2,1-4H3,(H,35,37)/t13-/m0/s1. The van der Waals surface area contributed by atoms with Gasteiger partial charge in [-0.25, -0.2) is 18.6 Å². The second-order valence-corrected chi connectivity index (χ2v) is 11.7. The lowest BCUT2D eigenvalue weighted by Crippen LogP contribution is -2.39. The highest BCUT2D eigenvalue weighted by Crippen LogP contribution is 2.38. The van der Waals surface area contributed by atoms with Crippen LogP contribution >= 0.6 is 22.9 Å². The first-order valence-electron chi connectivity index (χ1n) is 12.3. The van der Waals surface area contributed by atoms with Gasteiger partial charge in [0.2, 0.25) is 0 Å². The number of thiazole rings is 1. The summed E-state index contributed by atoms with van der Waals surface area (Å²) in [5.41, 5.74) is -1.47. The summed E-state index contributed by atoms with van der Waals surface area (Å²) >= 11 is 7.05. The van der Waals surface area contributed by atoms with Crippen LogP contribution in [0.25, 0.3) is 10.6 Å². The highest BCUT2D eigenvalue weighted by Gasteiger charge is 2.39. The molecule has 1 aromatic heterocycles. The van der Waals surface area contributed by atoms with Crippen molar-refractivity contribution in [2.75, 3.05) is 11.9 Å². The molecule has 2 amide bonds. The zero-order valence-electron chi connectivity index (χ0n) is 22.3. The molecule has 0 aliphatic carbocycles. The molecule has 0 fully saturated rings. The van der Waals surface area contributed by atoms with Crippen LogP contribution in [-0.4, -0.2) is 46.3 Å². The van der Waals surface area contributed by atoms with E-state index in [2.05, 4.69) is 10.3 Å². The number of halogens is 6. The van der Waals surface area contributed by atoms with Gasteiger partial charge in [0, 0.05) is 23.4 Å². The van der Waals surface area contributed by atoms with E-state index in [1.807, 2.05) is 0 Å². The molecule has 0 bridgehead atoms. The van der Waals surface area contributed by atoms with Crippen LogP contribution in [0, 0.1) is 11.6 Å². The number of hydrogen-bond acceptors (Lipinski definition) is 6. The van der Waals surface area contributed by atoms with Gasteiger partial charge in [0.05, 0.1) is 28.5 Å². The molecule has 1 aliphatic heterocycles. The zero-order chi connectivity index (χ0) is 30.3. The average molecular weight is 618 g/mol. The minimum absolute atomic E-state index is 0.0979. The number of carbonyl (C=O) groups is 2. The predicted molar refractivity (Wildman–Crippen MR) is 143 cm³/mol. The maximum atomic E-state index is 15.4. The number of rotatable bonds is 5. The predicted octanol–water partition coefficient (Wildman–Crippen LogP) is 7.62. The molecule has 1 atom stereocenters. The third-order valence-electron chi connectivity index (χ3n) is 5.89. The molecule has 0 unspecified atom stereocenters. The third kappa shape index (κ3) is 7.07. The molecule has 7 nitrogen and oxygen atoms in total. The van der Waals surface area contributed by atoms with E-state index in [0.29, 0.717) is 24.7 Å². The van der Waals surface area contributed by atoms with Gasteiger partial charge in [0.15, 0.2) is 6.10 Å². The van der Waals surface area contributed by atoms with Gasteiger partial charge in [-0.15, -0.1) is 11.3 Å². The lowest BCUT2D eigenvalue weighted by Gasteiger charge is -2.29. The van der Waals surface area contributed by atoms with Crippen molar-refractivity contribution in [2.45, 2.75) is 58.5 Å². The minimum atomic E-state index is -4.80. The van der Waals surface area contributed by atoms with Crippen molar-refractivity contribution in [3.63, 3.8) is 0 Å². The Labute approximate surface area is 241 Å². The van der Waals surface area contributed by atoms with E-state index in [4.69, 9.17) is 21.1 Å². The van der Waals surface area contributed by atoms with Gasteiger partial charge in [-0.2, -0.15) is 13.2 Å². The quantitative estimate of drug-likeness (QED) is 0.298. The summed E-state index contributed by atoms with van der Waals surface area (Å²) in [6, 6.07) is 5.25. The Morgan fingerprint density at radius 1 is 1.15 bits per heavy atom. The Hall–Kier alpha value is -3.45. The van der Waals surface area contributed by atoms with E-state index < -0.39 is 58.5 Å². The fraction of sp³-hybridized carbons (Fsp3) is 0.370. The van der Waals surface area contributed by atoms with E-state index in [1.54, 1.807) is 20.8 Å². The van der Waals surface area contributed by atoms with Crippen molar-refractivity contribution in [1.82, 2.24) is 9.88 Å². The molecular formula is C27H25ClF5N3O4S. The highest BCUT2D eigenvalue weighted by molar-refractivity contribution is 7.15. The molecule has 0 saturated heterocycles. The number of carbonyl (C=O) groups excluding carboxylic acids is 2. The Morgan fingerprint density at radius 3 is 2.49 bits per heavy atom. The summed E-state index contributed by atoms with van der Waals surface area (Å²) in [6.07, 6.45) is -7.29. The smallest absolute Gasteiger partial charge is 0.425 e. The maximum absolute atomic E-state index is 15.4. The Morgan fingerprint density at radius 2 is 1.85 bits per heavy atom. The fourth-order valence-electron chi connectivity index (χ4n) is 3.84.